The molecule has 2 amide bonds. The Kier molecular flexibility index (Phi) is 4.65. The van der Waals surface area contributed by atoms with Gasteiger partial charge in [0, 0.05) is 36.7 Å². The van der Waals surface area contributed by atoms with Crippen molar-refractivity contribution in [1.29, 1.82) is 0 Å². The number of nitrogens with one attached hydrogen (secondary N) is 1. The third kappa shape index (κ3) is 3.05. The monoisotopic (exact) mass is 375 g/mol. The van der Waals surface area contributed by atoms with Crippen LogP contribution in [0, 0.1) is 13.8 Å². The number of amides is 2. The Hall–Kier alpha value is -3.48. The van der Waals surface area contributed by atoms with Crippen LogP contribution >= 0.6 is 0 Å². The van der Waals surface area contributed by atoms with E-state index in [9.17, 15) is 9.59 Å². The van der Waals surface area contributed by atoms with Gasteiger partial charge in [-0.25, -0.2) is 4.68 Å². The molecule has 7 heteroatoms. The lowest BCUT2D eigenvalue weighted by Crippen LogP contribution is -2.52. The SMILES string of the molecule is Cc1nn(-c2ccccc2)c(C)c1C1C(=O)NCCN1C(=O)c1cccnc1. The molecular weight excluding hydrogens is 354 g/mol. The van der Waals surface area contributed by atoms with Crippen LogP contribution in [0.4, 0.5) is 0 Å². The zero-order valence-electron chi connectivity index (χ0n) is 15.8. The van der Waals surface area contributed by atoms with E-state index in [1.807, 2.05) is 48.9 Å². The summed E-state index contributed by atoms with van der Waals surface area (Å²) in [4.78, 5) is 31.6. The van der Waals surface area contributed by atoms with Crippen LogP contribution in [0.1, 0.15) is 33.4 Å². The van der Waals surface area contributed by atoms with Gasteiger partial charge >= 0.3 is 0 Å². The molecule has 2 aromatic heterocycles. The number of carbonyl (C=O) groups is 2. The van der Waals surface area contributed by atoms with Crippen molar-refractivity contribution in [1.82, 2.24) is 25.0 Å². The standard InChI is InChI=1S/C21H21N5O2/c1-14-18(15(2)26(24-14)17-8-4-3-5-9-17)19-20(27)23-11-12-25(19)21(28)16-7-6-10-22-13-16/h3-10,13,19H,11-12H2,1-2H3,(H,23,27). The maximum absolute atomic E-state index is 13.1. The van der Waals surface area contributed by atoms with Crippen molar-refractivity contribution in [2.24, 2.45) is 0 Å². The van der Waals surface area contributed by atoms with Crippen molar-refractivity contribution >= 4 is 11.8 Å². The highest BCUT2D eigenvalue weighted by Crippen LogP contribution is 2.31. The fraction of sp³-hybridized carbons (Fsp3) is 0.238. The summed E-state index contributed by atoms with van der Waals surface area (Å²) in [6, 6.07) is 12.5. The molecule has 0 radical (unpaired) electrons. The number of benzene rings is 1. The highest BCUT2D eigenvalue weighted by atomic mass is 16.2. The maximum Gasteiger partial charge on any atom is 0.256 e. The second-order valence-electron chi connectivity index (χ2n) is 6.77. The summed E-state index contributed by atoms with van der Waals surface area (Å²) in [5, 5.41) is 7.53. The van der Waals surface area contributed by atoms with Crippen LogP contribution in [0.25, 0.3) is 5.69 Å². The summed E-state index contributed by atoms with van der Waals surface area (Å²) in [5.74, 6) is -0.401. The van der Waals surface area contributed by atoms with Gasteiger partial charge in [-0.2, -0.15) is 5.10 Å². The Morgan fingerprint density at radius 2 is 1.93 bits per heavy atom. The van der Waals surface area contributed by atoms with Crippen LogP contribution in [0.2, 0.25) is 0 Å². The van der Waals surface area contributed by atoms with Crippen molar-refractivity contribution in [2.45, 2.75) is 19.9 Å². The van der Waals surface area contributed by atoms with E-state index in [0.29, 0.717) is 18.7 Å². The third-order valence-electron chi connectivity index (χ3n) is 5.00. The van der Waals surface area contributed by atoms with Crippen LogP contribution in [0.5, 0.6) is 0 Å². The molecule has 1 saturated heterocycles. The molecule has 3 aromatic rings. The van der Waals surface area contributed by atoms with Gasteiger partial charge < -0.3 is 10.2 Å². The second-order valence-corrected chi connectivity index (χ2v) is 6.77. The minimum absolute atomic E-state index is 0.192. The Morgan fingerprint density at radius 1 is 1.14 bits per heavy atom. The van der Waals surface area contributed by atoms with E-state index in [1.165, 1.54) is 6.20 Å². The van der Waals surface area contributed by atoms with Crippen molar-refractivity contribution in [3.8, 4) is 5.69 Å². The Labute approximate surface area is 163 Å². The first-order valence-electron chi connectivity index (χ1n) is 9.18. The fourth-order valence-electron chi connectivity index (χ4n) is 3.70. The van der Waals surface area contributed by atoms with Gasteiger partial charge in [-0.3, -0.25) is 14.6 Å². The second kappa shape index (κ2) is 7.26. The minimum atomic E-state index is -0.723. The number of aryl methyl sites for hydroxylation is 1. The van der Waals surface area contributed by atoms with Crippen LogP contribution in [-0.4, -0.2) is 44.6 Å². The molecule has 0 aliphatic carbocycles. The molecule has 0 spiro atoms. The van der Waals surface area contributed by atoms with Gasteiger partial charge in [-0.05, 0) is 38.1 Å². The topological polar surface area (TPSA) is 80.1 Å². The van der Waals surface area contributed by atoms with E-state index < -0.39 is 6.04 Å². The summed E-state index contributed by atoms with van der Waals surface area (Å²) in [7, 11) is 0. The number of hydrogen-bond acceptors (Lipinski definition) is 4. The van der Waals surface area contributed by atoms with Crippen molar-refractivity contribution in [3.63, 3.8) is 0 Å². The number of para-hydroxylation sites is 1. The highest BCUT2D eigenvalue weighted by molar-refractivity contribution is 5.98. The number of piperazine rings is 1. The number of aromatic nitrogens is 3. The first-order valence-corrected chi connectivity index (χ1v) is 9.18. The van der Waals surface area contributed by atoms with Crippen LogP contribution < -0.4 is 5.32 Å². The normalized spacial score (nSPS) is 16.7. The first-order chi connectivity index (χ1) is 13.6. The number of nitrogens with zero attached hydrogens (tertiary/aromatic N) is 4. The predicted molar refractivity (Wildman–Crippen MR) is 104 cm³/mol. The lowest BCUT2D eigenvalue weighted by Gasteiger charge is -2.35. The van der Waals surface area contributed by atoms with Gasteiger partial charge in [-0.15, -0.1) is 0 Å². The van der Waals surface area contributed by atoms with Crippen LogP contribution in [-0.2, 0) is 4.79 Å². The molecule has 1 N–H and O–H groups in total. The molecule has 1 aliphatic rings. The average molecular weight is 375 g/mol. The third-order valence-corrected chi connectivity index (χ3v) is 5.00. The van der Waals surface area contributed by atoms with Gasteiger partial charge in [-0.1, -0.05) is 18.2 Å². The van der Waals surface area contributed by atoms with E-state index in [0.717, 1.165) is 22.6 Å². The Bertz CT molecular complexity index is 1010. The summed E-state index contributed by atoms with van der Waals surface area (Å²) >= 11 is 0. The van der Waals surface area contributed by atoms with E-state index >= 15 is 0 Å². The van der Waals surface area contributed by atoms with Gasteiger partial charge in [0.1, 0.15) is 6.04 Å². The van der Waals surface area contributed by atoms with Crippen molar-refractivity contribution in [2.75, 3.05) is 13.1 Å². The fourth-order valence-corrected chi connectivity index (χ4v) is 3.70. The highest BCUT2D eigenvalue weighted by Gasteiger charge is 2.38. The van der Waals surface area contributed by atoms with Crippen molar-refractivity contribution < 1.29 is 9.59 Å². The average Bonchev–Trinajstić information content (AvgIpc) is 3.02. The minimum Gasteiger partial charge on any atom is -0.352 e. The number of hydrogen-bond donors (Lipinski definition) is 1. The molecule has 4 rings (SSSR count). The largest absolute Gasteiger partial charge is 0.352 e. The molecule has 0 bridgehead atoms. The quantitative estimate of drug-likeness (QED) is 0.761. The number of carbonyl (C=O) groups excluding carboxylic acids is 2. The Morgan fingerprint density at radius 3 is 2.64 bits per heavy atom. The molecule has 0 saturated carbocycles. The first kappa shape index (κ1) is 17.9. The zero-order valence-corrected chi connectivity index (χ0v) is 15.8. The molecule has 1 fully saturated rings. The Balaban J connectivity index is 1.78. The molecule has 142 valence electrons. The molecule has 1 unspecified atom stereocenters. The summed E-state index contributed by atoms with van der Waals surface area (Å²) in [5.41, 5.74) is 3.71. The molecule has 1 aliphatic heterocycles. The predicted octanol–water partition coefficient (Wildman–Crippen LogP) is 2.20. The molecule has 28 heavy (non-hydrogen) atoms. The molecule has 1 atom stereocenters. The molecule has 1 aromatic carbocycles. The molecule has 3 heterocycles. The lowest BCUT2D eigenvalue weighted by atomic mass is 9.99. The van der Waals surface area contributed by atoms with Crippen molar-refractivity contribution in [3.05, 3.63) is 77.4 Å². The van der Waals surface area contributed by atoms with Gasteiger partial charge in [0.05, 0.1) is 16.9 Å². The summed E-state index contributed by atoms with van der Waals surface area (Å²) < 4.78 is 1.82. The van der Waals surface area contributed by atoms with E-state index in [-0.39, 0.29) is 11.8 Å². The van der Waals surface area contributed by atoms with Crippen LogP contribution in [0.15, 0.2) is 54.9 Å². The van der Waals surface area contributed by atoms with Gasteiger partial charge in [0.15, 0.2) is 0 Å². The van der Waals surface area contributed by atoms with Gasteiger partial charge in [0.2, 0.25) is 5.91 Å². The van der Waals surface area contributed by atoms with E-state index in [1.54, 1.807) is 23.2 Å². The summed E-state index contributed by atoms with van der Waals surface area (Å²) in [6.45, 7) is 4.65. The van der Waals surface area contributed by atoms with Crippen LogP contribution in [0.3, 0.4) is 0 Å². The summed E-state index contributed by atoms with van der Waals surface area (Å²) in [6.07, 6.45) is 3.15. The molecule has 7 nitrogen and oxygen atoms in total. The number of pyridine rings is 1. The van der Waals surface area contributed by atoms with E-state index in [4.69, 9.17) is 0 Å². The zero-order chi connectivity index (χ0) is 19.7. The van der Waals surface area contributed by atoms with Gasteiger partial charge in [0.25, 0.3) is 5.91 Å². The maximum atomic E-state index is 13.1. The van der Waals surface area contributed by atoms with E-state index in [2.05, 4.69) is 15.4 Å². The number of rotatable bonds is 3. The molecular formula is C21H21N5O2. The smallest absolute Gasteiger partial charge is 0.256 e. The lowest BCUT2D eigenvalue weighted by molar-refractivity contribution is -0.128.